The van der Waals surface area contributed by atoms with E-state index in [1.807, 2.05) is 7.05 Å². The fourth-order valence-corrected chi connectivity index (χ4v) is 2.73. The Hall–Kier alpha value is -1.70. The van der Waals surface area contributed by atoms with Crippen molar-refractivity contribution in [3.05, 3.63) is 49.1 Å². The highest BCUT2D eigenvalue weighted by atomic mass is 14.9. The number of rotatable bonds is 7. The molecular weight excluding hydrogens is 280 g/mol. The number of nitrogens with zero attached hydrogens (tertiary/aromatic N) is 2. The average molecular weight is 313 g/mol. The quantitative estimate of drug-likeness (QED) is 0.673. The van der Waals surface area contributed by atoms with E-state index in [4.69, 9.17) is 0 Å². The Bertz CT molecular complexity index is 597. The largest absolute Gasteiger partial charge is 0.208 e. The molecule has 0 aliphatic heterocycles. The van der Waals surface area contributed by atoms with Crippen LogP contribution in [0.1, 0.15) is 47.0 Å². The normalized spacial score (nSPS) is 13.1. The van der Waals surface area contributed by atoms with Crippen molar-refractivity contribution in [2.24, 2.45) is 18.4 Å². The summed E-state index contributed by atoms with van der Waals surface area (Å²) in [7, 11) is 2.05. The molecule has 1 atom stereocenters. The van der Waals surface area contributed by atoms with Gasteiger partial charge in [0.15, 0.2) is 31.3 Å². The molecule has 2 aromatic heterocycles. The third-order valence-corrected chi connectivity index (χ3v) is 5.00. The Balaban J connectivity index is 1.93. The number of aryl methyl sites for hydroxylation is 1. The van der Waals surface area contributed by atoms with Crippen LogP contribution in [0, 0.1) is 11.3 Å². The van der Waals surface area contributed by atoms with Crippen molar-refractivity contribution < 1.29 is 9.13 Å². The second kappa shape index (κ2) is 7.72. The first-order chi connectivity index (χ1) is 10.9. The summed E-state index contributed by atoms with van der Waals surface area (Å²) >= 11 is 0. The van der Waals surface area contributed by atoms with Crippen LogP contribution in [-0.2, 0) is 13.6 Å². The molecule has 23 heavy (non-hydrogen) atoms. The molecule has 0 fully saturated rings. The van der Waals surface area contributed by atoms with Crippen LogP contribution in [0.4, 0.5) is 0 Å². The third-order valence-electron chi connectivity index (χ3n) is 5.00. The van der Waals surface area contributed by atoms with Crippen molar-refractivity contribution in [2.75, 3.05) is 0 Å². The molecule has 2 heterocycles. The maximum absolute atomic E-state index is 2.38. The summed E-state index contributed by atoms with van der Waals surface area (Å²) in [5.74, 6) is 0.715. The van der Waals surface area contributed by atoms with Gasteiger partial charge in [-0.05, 0) is 29.4 Å². The Labute approximate surface area is 141 Å². The van der Waals surface area contributed by atoms with E-state index in [0.29, 0.717) is 11.3 Å². The molecule has 0 aromatic carbocycles. The fraction of sp³-hybridized carbons (Fsp3) is 0.524. The molecule has 124 valence electrons. The highest BCUT2D eigenvalue weighted by Gasteiger charge is 2.18. The maximum atomic E-state index is 2.38. The van der Waals surface area contributed by atoms with Gasteiger partial charge < -0.3 is 0 Å². The second-order valence-electron chi connectivity index (χ2n) is 7.70. The van der Waals surface area contributed by atoms with E-state index in [1.54, 1.807) is 0 Å². The van der Waals surface area contributed by atoms with Crippen molar-refractivity contribution in [1.29, 1.82) is 0 Å². The molecule has 2 aromatic rings. The van der Waals surface area contributed by atoms with E-state index in [0.717, 1.165) is 6.54 Å². The van der Waals surface area contributed by atoms with Gasteiger partial charge in [0.1, 0.15) is 7.05 Å². The molecule has 2 rings (SSSR count). The topological polar surface area (TPSA) is 7.76 Å². The SMILES string of the molecule is CCC(C)(C)CCC(C)C[n+]1ccc(-c2cc[n+](C)cc2)cc1. The number of hydrogen-bond acceptors (Lipinski definition) is 0. The van der Waals surface area contributed by atoms with E-state index in [1.165, 1.54) is 30.4 Å². The summed E-state index contributed by atoms with van der Waals surface area (Å²) in [5, 5.41) is 0. The monoisotopic (exact) mass is 312 g/mol. The Morgan fingerprint density at radius 2 is 1.48 bits per heavy atom. The van der Waals surface area contributed by atoms with Crippen LogP contribution in [0.15, 0.2) is 49.1 Å². The van der Waals surface area contributed by atoms with Crippen molar-refractivity contribution in [1.82, 2.24) is 0 Å². The third kappa shape index (κ3) is 5.46. The molecule has 0 saturated carbocycles. The molecule has 0 saturated heterocycles. The highest BCUT2D eigenvalue weighted by molar-refractivity contribution is 5.60. The smallest absolute Gasteiger partial charge is 0.169 e. The first-order valence-electron chi connectivity index (χ1n) is 8.84. The van der Waals surface area contributed by atoms with Crippen LogP contribution in [0.2, 0.25) is 0 Å². The predicted molar refractivity (Wildman–Crippen MR) is 95.7 cm³/mol. The Morgan fingerprint density at radius 1 is 0.957 bits per heavy atom. The van der Waals surface area contributed by atoms with Gasteiger partial charge in [-0.2, -0.15) is 0 Å². The summed E-state index contributed by atoms with van der Waals surface area (Å²) in [6.07, 6.45) is 12.5. The van der Waals surface area contributed by atoms with E-state index in [-0.39, 0.29) is 0 Å². The molecule has 1 unspecified atom stereocenters. The molecule has 0 bridgehead atoms. The highest BCUT2D eigenvalue weighted by Crippen LogP contribution is 2.28. The molecule has 0 spiro atoms. The van der Waals surface area contributed by atoms with Gasteiger partial charge in [-0.25, -0.2) is 9.13 Å². The molecular formula is C21H32N2+2. The molecule has 2 nitrogen and oxygen atoms in total. The first kappa shape index (κ1) is 17.7. The van der Waals surface area contributed by atoms with Crippen LogP contribution in [0.3, 0.4) is 0 Å². The zero-order valence-corrected chi connectivity index (χ0v) is 15.4. The van der Waals surface area contributed by atoms with Gasteiger partial charge in [0.2, 0.25) is 0 Å². The number of hydrogen-bond donors (Lipinski definition) is 0. The minimum atomic E-state index is 0.478. The van der Waals surface area contributed by atoms with Crippen LogP contribution >= 0.6 is 0 Å². The van der Waals surface area contributed by atoms with Crippen molar-refractivity contribution >= 4 is 0 Å². The van der Waals surface area contributed by atoms with Gasteiger partial charge in [0.05, 0.1) is 0 Å². The number of aromatic nitrogens is 2. The van der Waals surface area contributed by atoms with Gasteiger partial charge in [-0.1, -0.05) is 34.1 Å². The summed E-state index contributed by atoms with van der Waals surface area (Å²) in [4.78, 5) is 0. The zero-order valence-electron chi connectivity index (χ0n) is 15.4. The van der Waals surface area contributed by atoms with Gasteiger partial charge in [0, 0.05) is 30.2 Å². The Morgan fingerprint density at radius 3 is 2.00 bits per heavy atom. The fourth-order valence-electron chi connectivity index (χ4n) is 2.73. The molecule has 0 amide bonds. The summed E-state index contributed by atoms with van der Waals surface area (Å²) in [6, 6.07) is 8.76. The predicted octanol–water partition coefficient (Wildman–Crippen LogP) is 4.32. The van der Waals surface area contributed by atoms with E-state index in [9.17, 15) is 0 Å². The lowest BCUT2D eigenvalue weighted by atomic mass is 9.83. The van der Waals surface area contributed by atoms with Gasteiger partial charge in [-0.15, -0.1) is 0 Å². The van der Waals surface area contributed by atoms with E-state index >= 15 is 0 Å². The first-order valence-corrected chi connectivity index (χ1v) is 8.84. The lowest BCUT2D eigenvalue weighted by Crippen LogP contribution is -2.36. The second-order valence-corrected chi connectivity index (χ2v) is 7.70. The lowest BCUT2D eigenvalue weighted by molar-refractivity contribution is -0.702. The van der Waals surface area contributed by atoms with Gasteiger partial charge in [-0.3, -0.25) is 0 Å². The maximum Gasteiger partial charge on any atom is 0.169 e. The van der Waals surface area contributed by atoms with Crippen molar-refractivity contribution in [2.45, 2.75) is 53.5 Å². The van der Waals surface area contributed by atoms with Gasteiger partial charge >= 0.3 is 0 Å². The van der Waals surface area contributed by atoms with E-state index < -0.39 is 0 Å². The summed E-state index contributed by atoms with van der Waals surface area (Å²) in [6.45, 7) is 10.5. The minimum Gasteiger partial charge on any atom is -0.208 e. The van der Waals surface area contributed by atoms with Crippen LogP contribution in [-0.4, -0.2) is 0 Å². The zero-order chi connectivity index (χ0) is 16.9. The molecule has 0 radical (unpaired) electrons. The molecule has 0 aliphatic rings. The standard InChI is InChI=1S/C21H32N2/c1-6-21(3,4)12-7-18(2)17-23-15-10-20(11-16-23)19-8-13-22(5)14-9-19/h8-11,13-16,18H,6-7,12,17H2,1-5H3/q+2. The van der Waals surface area contributed by atoms with Crippen LogP contribution < -0.4 is 9.13 Å². The minimum absolute atomic E-state index is 0.478. The molecule has 0 aliphatic carbocycles. The summed E-state index contributed by atoms with van der Waals surface area (Å²) < 4.78 is 4.38. The van der Waals surface area contributed by atoms with Crippen molar-refractivity contribution in [3.63, 3.8) is 0 Å². The lowest BCUT2D eigenvalue weighted by Gasteiger charge is -2.23. The molecule has 0 N–H and O–H groups in total. The van der Waals surface area contributed by atoms with Crippen molar-refractivity contribution in [3.8, 4) is 11.1 Å². The van der Waals surface area contributed by atoms with Crippen LogP contribution in [0.25, 0.3) is 11.1 Å². The Kier molecular flexibility index (Phi) is 5.92. The number of pyridine rings is 2. The van der Waals surface area contributed by atoms with Gasteiger partial charge in [0.25, 0.3) is 0 Å². The molecule has 2 heteroatoms. The van der Waals surface area contributed by atoms with E-state index in [2.05, 4.69) is 85.9 Å². The van der Waals surface area contributed by atoms with Crippen LogP contribution in [0.5, 0.6) is 0 Å². The average Bonchev–Trinajstić information content (AvgIpc) is 2.55. The summed E-state index contributed by atoms with van der Waals surface area (Å²) in [5.41, 5.74) is 3.03.